The molecule has 9 nitrogen and oxygen atoms in total. The predicted molar refractivity (Wildman–Crippen MR) is 137 cm³/mol. The van der Waals surface area contributed by atoms with Crippen molar-refractivity contribution in [2.45, 2.75) is 6.54 Å². The van der Waals surface area contributed by atoms with Crippen LogP contribution >= 0.6 is 23.2 Å². The summed E-state index contributed by atoms with van der Waals surface area (Å²) in [4.78, 5) is 38.9. The van der Waals surface area contributed by atoms with Crippen molar-refractivity contribution in [3.63, 3.8) is 0 Å². The van der Waals surface area contributed by atoms with Crippen LogP contribution in [0.5, 0.6) is 17.2 Å². The zero-order valence-electron chi connectivity index (χ0n) is 19.4. The van der Waals surface area contributed by atoms with Crippen molar-refractivity contribution in [1.82, 2.24) is 4.90 Å². The first kappa shape index (κ1) is 26.1. The molecule has 0 spiro atoms. The third-order valence-electron chi connectivity index (χ3n) is 5.36. The van der Waals surface area contributed by atoms with E-state index >= 15 is 0 Å². The highest BCUT2D eigenvalue weighted by molar-refractivity contribution is 6.34. The number of hydrogen-bond acceptors (Lipinski definition) is 6. The first-order valence-corrected chi connectivity index (χ1v) is 11.9. The van der Waals surface area contributed by atoms with Gasteiger partial charge in [0, 0.05) is 17.6 Å². The number of hydrogen-bond donors (Lipinski definition) is 1. The number of ether oxygens (including phenoxy) is 3. The van der Waals surface area contributed by atoms with Gasteiger partial charge in [0.1, 0.15) is 24.7 Å². The quantitative estimate of drug-likeness (QED) is 0.409. The number of halogens is 2. The Kier molecular flexibility index (Phi) is 8.37. The number of nitrogens with zero attached hydrogens (tertiary/aromatic N) is 2. The van der Waals surface area contributed by atoms with E-state index in [-0.39, 0.29) is 36.4 Å². The van der Waals surface area contributed by atoms with Crippen LogP contribution in [0.15, 0.2) is 66.7 Å². The van der Waals surface area contributed by atoms with Gasteiger partial charge >= 0.3 is 12.1 Å². The minimum Gasteiger partial charge on any atom is -0.492 e. The van der Waals surface area contributed by atoms with Gasteiger partial charge in [-0.2, -0.15) is 0 Å². The summed E-state index contributed by atoms with van der Waals surface area (Å²) in [6.45, 7) is -0.0416. The first-order chi connectivity index (χ1) is 17.8. The molecule has 0 unspecified atom stereocenters. The van der Waals surface area contributed by atoms with Crippen LogP contribution < -0.4 is 19.1 Å². The van der Waals surface area contributed by atoms with Crippen molar-refractivity contribution in [3.8, 4) is 17.2 Å². The van der Waals surface area contributed by atoms with Crippen LogP contribution in [0.2, 0.25) is 10.0 Å². The number of anilines is 1. The fourth-order valence-electron chi connectivity index (χ4n) is 3.63. The number of carboxylic acids is 1. The summed E-state index contributed by atoms with van der Waals surface area (Å²) in [7, 11) is 0. The number of fused-ring (bicyclic) bond motifs is 1. The van der Waals surface area contributed by atoms with Gasteiger partial charge in [0.15, 0.2) is 12.4 Å². The molecule has 0 aromatic heterocycles. The highest BCUT2D eigenvalue weighted by Gasteiger charge is 2.25. The molecule has 0 saturated heterocycles. The van der Waals surface area contributed by atoms with Gasteiger partial charge in [0.25, 0.3) is 5.91 Å². The third-order valence-corrected chi connectivity index (χ3v) is 5.91. The predicted octanol–water partition coefficient (Wildman–Crippen LogP) is 4.88. The van der Waals surface area contributed by atoms with Crippen molar-refractivity contribution >= 4 is 46.9 Å². The molecule has 37 heavy (non-hydrogen) atoms. The van der Waals surface area contributed by atoms with Gasteiger partial charge in [-0.1, -0.05) is 47.5 Å². The second kappa shape index (κ2) is 11.9. The number of carboxylic acid groups (broad SMARTS) is 1. The minimum absolute atomic E-state index is 0.0233. The zero-order chi connectivity index (χ0) is 26.4. The summed E-state index contributed by atoms with van der Waals surface area (Å²) in [6, 6.07) is 18.5. The Morgan fingerprint density at radius 2 is 1.81 bits per heavy atom. The molecule has 1 heterocycles. The number of para-hydroxylation sites is 2. The fourth-order valence-corrected chi connectivity index (χ4v) is 3.95. The number of rotatable bonds is 9. The molecule has 11 heteroatoms. The van der Waals surface area contributed by atoms with Gasteiger partial charge in [-0.05, 0) is 42.0 Å². The normalized spacial score (nSPS) is 12.4. The Morgan fingerprint density at radius 3 is 2.57 bits per heavy atom. The van der Waals surface area contributed by atoms with E-state index in [1.807, 2.05) is 18.2 Å². The second-order valence-corrected chi connectivity index (χ2v) is 8.83. The number of benzene rings is 3. The first-order valence-electron chi connectivity index (χ1n) is 11.2. The van der Waals surface area contributed by atoms with E-state index in [2.05, 4.69) is 0 Å². The average molecular weight is 545 g/mol. The number of carbonyl (C=O) groups excluding carboxylic acids is 2. The lowest BCUT2D eigenvalue weighted by Crippen LogP contribution is -2.41. The standard InChI is InChI=1S/C26H22Cl2N2O7/c27-18-7-10-20(28)23(13-18)37-26(34)29(15-25(32)33)14-17-5-8-19(9-6-17)35-12-11-30-21-3-1-2-4-22(21)36-16-24(30)31/h1-10,13H,11-12,14-16H2,(H,32,33). The molecule has 1 N–H and O–H groups in total. The molecule has 0 radical (unpaired) electrons. The molecule has 3 aromatic carbocycles. The molecule has 0 atom stereocenters. The summed E-state index contributed by atoms with van der Waals surface area (Å²) in [6.07, 6.45) is -0.887. The Balaban J connectivity index is 1.35. The van der Waals surface area contributed by atoms with E-state index in [0.29, 0.717) is 34.3 Å². The molecule has 1 aliphatic heterocycles. The Hall–Kier alpha value is -3.95. The van der Waals surface area contributed by atoms with Crippen molar-refractivity contribution in [2.24, 2.45) is 0 Å². The van der Waals surface area contributed by atoms with Crippen LogP contribution in [0.25, 0.3) is 0 Å². The van der Waals surface area contributed by atoms with Gasteiger partial charge in [-0.15, -0.1) is 0 Å². The summed E-state index contributed by atoms with van der Waals surface area (Å²) in [5, 5.41) is 9.73. The van der Waals surface area contributed by atoms with Gasteiger partial charge < -0.3 is 24.2 Å². The van der Waals surface area contributed by atoms with E-state index in [1.165, 1.54) is 18.2 Å². The van der Waals surface area contributed by atoms with Crippen LogP contribution in [-0.4, -0.2) is 54.3 Å². The molecule has 4 rings (SSSR count). The van der Waals surface area contributed by atoms with Crippen molar-refractivity contribution in [1.29, 1.82) is 0 Å². The van der Waals surface area contributed by atoms with E-state index in [4.69, 9.17) is 37.4 Å². The lowest BCUT2D eigenvalue weighted by atomic mass is 10.2. The zero-order valence-corrected chi connectivity index (χ0v) is 20.9. The van der Waals surface area contributed by atoms with Crippen molar-refractivity contribution < 1.29 is 33.7 Å². The van der Waals surface area contributed by atoms with Crippen LogP contribution in [0.3, 0.4) is 0 Å². The van der Waals surface area contributed by atoms with Gasteiger partial charge in [0.2, 0.25) is 0 Å². The van der Waals surface area contributed by atoms with Gasteiger partial charge in [-0.3, -0.25) is 14.5 Å². The molecular formula is C26H22Cl2N2O7. The van der Waals surface area contributed by atoms with Gasteiger partial charge in [-0.25, -0.2) is 4.79 Å². The highest BCUT2D eigenvalue weighted by atomic mass is 35.5. The highest BCUT2D eigenvalue weighted by Crippen LogP contribution is 2.31. The molecule has 0 bridgehead atoms. The SMILES string of the molecule is O=C(O)CN(Cc1ccc(OCCN2C(=O)COc3ccccc32)cc1)C(=O)Oc1cc(Cl)ccc1Cl. The molecule has 0 saturated carbocycles. The lowest BCUT2D eigenvalue weighted by Gasteiger charge is -2.29. The monoisotopic (exact) mass is 544 g/mol. The minimum atomic E-state index is -1.20. The maximum absolute atomic E-state index is 12.7. The van der Waals surface area contributed by atoms with Crippen LogP contribution in [0.1, 0.15) is 5.56 Å². The largest absolute Gasteiger partial charge is 0.492 e. The Bertz CT molecular complexity index is 1300. The smallest absolute Gasteiger partial charge is 0.416 e. The van der Waals surface area contributed by atoms with Gasteiger partial charge in [0.05, 0.1) is 17.3 Å². The summed E-state index contributed by atoms with van der Waals surface area (Å²) >= 11 is 12.0. The van der Waals surface area contributed by atoms with E-state index in [1.54, 1.807) is 35.2 Å². The summed E-state index contributed by atoms with van der Waals surface area (Å²) in [5.41, 5.74) is 1.35. The molecular weight excluding hydrogens is 523 g/mol. The fraction of sp³-hybridized carbons (Fsp3) is 0.192. The van der Waals surface area contributed by atoms with Crippen LogP contribution in [-0.2, 0) is 16.1 Å². The van der Waals surface area contributed by atoms with Crippen molar-refractivity contribution in [3.05, 3.63) is 82.3 Å². The van der Waals surface area contributed by atoms with E-state index in [9.17, 15) is 19.5 Å². The molecule has 1 aliphatic rings. The Labute approximate surface area is 222 Å². The van der Waals surface area contributed by atoms with E-state index in [0.717, 1.165) is 4.90 Å². The Morgan fingerprint density at radius 1 is 1.05 bits per heavy atom. The third kappa shape index (κ3) is 6.84. The topological polar surface area (TPSA) is 106 Å². The number of aliphatic carboxylic acids is 1. The molecule has 2 amide bonds. The molecule has 0 aliphatic carbocycles. The average Bonchev–Trinajstić information content (AvgIpc) is 2.88. The maximum atomic E-state index is 12.7. The van der Waals surface area contributed by atoms with Crippen LogP contribution in [0, 0.1) is 0 Å². The summed E-state index contributed by atoms with van der Waals surface area (Å²) < 4.78 is 16.5. The van der Waals surface area contributed by atoms with E-state index < -0.39 is 18.6 Å². The number of carbonyl (C=O) groups is 3. The van der Waals surface area contributed by atoms with Crippen LogP contribution in [0.4, 0.5) is 10.5 Å². The molecule has 0 fully saturated rings. The second-order valence-electron chi connectivity index (χ2n) is 7.99. The summed E-state index contributed by atoms with van der Waals surface area (Å²) in [5.74, 6) is -0.125. The number of amides is 2. The lowest BCUT2D eigenvalue weighted by molar-refractivity contribution is -0.138. The maximum Gasteiger partial charge on any atom is 0.416 e. The molecule has 192 valence electrons. The van der Waals surface area contributed by atoms with Crippen molar-refractivity contribution in [2.75, 3.05) is 31.2 Å². The molecule has 3 aromatic rings.